The number of para-hydroxylation sites is 1. The summed E-state index contributed by atoms with van der Waals surface area (Å²) >= 11 is 0. The molecule has 0 unspecified atom stereocenters. The highest BCUT2D eigenvalue weighted by atomic mass is 28.4. The molecule has 0 N–H and O–H groups in total. The van der Waals surface area contributed by atoms with E-state index in [1.54, 1.807) is 0 Å². The molecule has 0 heterocycles. The van der Waals surface area contributed by atoms with Crippen molar-refractivity contribution in [2.24, 2.45) is 0 Å². The smallest absolute Gasteiger partial charge is 0.347 e. The molecule has 344 valence electrons. The molecule has 6 heteroatoms. The highest BCUT2D eigenvalue weighted by Gasteiger charge is 2.40. The molecule has 0 aliphatic carbocycles. The van der Waals surface area contributed by atoms with Crippen molar-refractivity contribution in [3.63, 3.8) is 0 Å². The molecule has 3 rings (SSSR count). The zero-order valence-corrected chi connectivity index (χ0v) is 43.0. The first-order valence-corrected chi connectivity index (χ1v) is 31.0. The fourth-order valence-corrected chi connectivity index (χ4v) is 18.3. The van der Waals surface area contributed by atoms with Crippen LogP contribution in [-0.2, 0) is 0 Å². The third-order valence-electron chi connectivity index (χ3n) is 13.4. The molecule has 0 spiro atoms. The van der Waals surface area contributed by atoms with E-state index in [1.165, 1.54) is 178 Å². The Hall–Kier alpha value is -2.58. The zero-order chi connectivity index (χ0) is 44.2. The molecule has 0 atom stereocenters. The fraction of sp³-hybridized carbons (Fsp3) is 0.691. The van der Waals surface area contributed by atoms with Crippen LogP contribution in [0.1, 0.15) is 217 Å². The number of hydrogen-bond donors (Lipinski definition) is 0. The second-order valence-electron chi connectivity index (χ2n) is 18.8. The average Bonchev–Trinajstić information content (AvgIpc) is 3.26. The first-order valence-electron chi connectivity index (χ1n) is 25.9. The van der Waals surface area contributed by atoms with Gasteiger partial charge in [0, 0.05) is 10.8 Å². The minimum Gasteiger partial charge on any atom is -0.543 e. The topological polar surface area (TPSA) is 44.8 Å². The minimum atomic E-state index is -2.38. The molecule has 0 aliphatic rings. The Morgan fingerprint density at radius 2 is 0.836 bits per heavy atom. The monoisotopic (exact) mass is 873 g/mol. The van der Waals surface area contributed by atoms with Gasteiger partial charge >= 0.3 is 5.97 Å². The molecule has 0 aromatic heterocycles. The van der Waals surface area contributed by atoms with Gasteiger partial charge in [0.1, 0.15) is 22.8 Å². The lowest BCUT2D eigenvalue weighted by Gasteiger charge is -2.36. The largest absolute Gasteiger partial charge is 0.543 e. The van der Waals surface area contributed by atoms with Gasteiger partial charge < -0.3 is 13.6 Å². The number of rotatable bonds is 36. The van der Waals surface area contributed by atoms with E-state index < -0.39 is 16.6 Å². The molecule has 3 aromatic rings. The number of hydrogen-bond acceptors (Lipinski definition) is 4. The van der Waals surface area contributed by atoms with Gasteiger partial charge in [-0.3, -0.25) is 0 Å². The van der Waals surface area contributed by atoms with Crippen LogP contribution in [0, 0.1) is 13.8 Å². The molecule has 0 bridgehead atoms. The molecule has 0 aliphatic heterocycles. The van der Waals surface area contributed by atoms with Crippen molar-refractivity contribution in [1.82, 2.24) is 0 Å². The van der Waals surface area contributed by atoms with Crippen molar-refractivity contribution in [3.05, 3.63) is 65.2 Å². The molecule has 0 saturated carbocycles. The van der Waals surface area contributed by atoms with Gasteiger partial charge in [0.05, 0.1) is 0 Å². The van der Waals surface area contributed by atoms with Crippen LogP contribution in [0.4, 0.5) is 0 Å². The Balaban J connectivity index is 2.34. The summed E-state index contributed by atoms with van der Waals surface area (Å²) in [6.07, 6.45) is 29.8. The lowest BCUT2D eigenvalue weighted by Crippen LogP contribution is -2.43. The third kappa shape index (κ3) is 18.2. The standard InChI is InChI=1S/C55H92O4Si2/c1-9-15-21-29-40-60(41-30-22-16-10-2,42-31-23-17-11-3)58-52-46-50(55(56)57-51-39-28-27-36-47(51)7)54(49-38-35-37-48(8)53(49)52)59-61(43-32-24-18-12-4,44-33-25-19-13-5)45-34-26-20-14-6/h27-28,35-39,46H,9-26,29-34,40-45H2,1-8H3. The van der Waals surface area contributed by atoms with Crippen molar-refractivity contribution in [1.29, 1.82) is 0 Å². The van der Waals surface area contributed by atoms with E-state index >= 15 is 4.79 Å². The number of carbonyl (C=O) groups excluding carboxylic acids is 1. The molecule has 4 nitrogen and oxygen atoms in total. The summed E-state index contributed by atoms with van der Waals surface area (Å²) in [6, 6.07) is 23.6. The normalized spacial score (nSPS) is 12.0. The Bertz CT molecular complexity index is 1570. The Kier molecular flexibility index (Phi) is 26.4. The van der Waals surface area contributed by atoms with Crippen molar-refractivity contribution >= 4 is 33.4 Å². The summed E-state index contributed by atoms with van der Waals surface area (Å²) in [5, 5.41) is 2.18. The predicted molar refractivity (Wildman–Crippen MR) is 271 cm³/mol. The average molecular weight is 874 g/mol. The van der Waals surface area contributed by atoms with Crippen LogP contribution in [0.3, 0.4) is 0 Å². The summed E-state index contributed by atoms with van der Waals surface area (Å²) in [5.41, 5.74) is 2.70. The van der Waals surface area contributed by atoms with Gasteiger partial charge in [0.2, 0.25) is 0 Å². The van der Waals surface area contributed by atoms with E-state index in [2.05, 4.69) is 72.7 Å². The summed E-state index contributed by atoms with van der Waals surface area (Å²) in [5.74, 6) is 1.94. The van der Waals surface area contributed by atoms with E-state index in [0.29, 0.717) is 11.3 Å². The van der Waals surface area contributed by atoms with Crippen molar-refractivity contribution < 1.29 is 18.4 Å². The Morgan fingerprint density at radius 3 is 1.25 bits per heavy atom. The second-order valence-corrected chi connectivity index (χ2v) is 27.0. The van der Waals surface area contributed by atoms with Gasteiger partial charge in [0.15, 0.2) is 0 Å². The fourth-order valence-electron chi connectivity index (χ4n) is 9.52. The maximum Gasteiger partial charge on any atom is 0.347 e. The van der Waals surface area contributed by atoms with Crippen LogP contribution in [-0.4, -0.2) is 22.6 Å². The maximum atomic E-state index is 15.0. The highest BCUT2D eigenvalue weighted by Crippen LogP contribution is 2.45. The van der Waals surface area contributed by atoms with Gasteiger partial charge in [0.25, 0.3) is 16.6 Å². The molecule has 0 saturated heterocycles. The van der Waals surface area contributed by atoms with Gasteiger partial charge in [-0.1, -0.05) is 232 Å². The third-order valence-corrected chi connectivity index (χ3v) is 22.2. The molecule has 0 fully saturated rings. The molecule has 0 amide bonds. The molecule has 61 heavy (non-hydrogen) atoms. The highest BCUT2D eigenvalue weighted by molar-refractivity contribution is 6.75. The van der Waals surface area contributed by atoms with Gasteiger partial charge in [-0.15, -0.1) is 0 Å². The summed E-state index contributed by atoms with van der Waals surface area (Å²) in [4.78, 5) is 15.0. The van der Waals surface area contributed by atoms with Crippen molar-refractivity contribution in [3.8, 4) is 17.2 Å². The summed E-state index contributed by atoms with van der Waals surface area (Å²) in [6.45, 7) is 18.1. The van der Waals surface area contributed by atoms with Crippen LogP contribution >= 0.6 is 0 Å². The minimum absolute atomic E-state index is 0.329. The number of benzene rings is 3. The van der Waals surface area contributed by atoms with Gasteiger partial charge in [-0.25, -0.2) is 4.79 Å². The second kappa shape index (κ2) is 30.5. The van der Waals surface area contributed by atoms with E-state index in [1.807, 2.05) is 31.2 Å². The van der Waals surface area contributed by atoms with Crippen molar-refractivity contribution in [2.75, 3.05) is 0 Å². The summed E-state index contributed by atoms with van der Waals surface area (Å²) < 4.78 is 22.2. The van der Waals surface area contributed by atoms with E-state index in [-0.39, 0.29) is 5.97 Å². The number of esters is 1. The van der Waals surface area contributed by atoms with Gasteiger partial charge in [-0.2, -0.15) is 0 Å². The lowest BCUT2D eigenvalue weighted by molar-refractivity contribution is 0.0731. The number of ether oxygens (including phenoxy) is 1. The zero-order valence-electron chi connectivity index (χ0n) is 41.0. The van der Waals surface area contributed by atoms with Crippen LogP contribution in [0.15, 0.2) is 48.5 Å². The van der Waals surface area contributed by atoms with Crippen LogP contribution in [0.25, 0.3) is 10.8 Å². The molecule has 0 radical (unpaired) electrons. The van der Waals surface area contributed by atoms with Crippen LogP contribution in [0.5, 0.6) is 17.2 Å². The van der Waals surface area contributed by atoms with Gasteiger partial charge in [-0.05, 0) is 73.4 Å². The van der Waals surface area contributed by atoms with E-state index in [4.69, 9.17) is 13.6 Å². The molecular weight excluding hydrogens is 781 g/mol. The van der Waals surface area contributed by atoms with Crippen LogP contribution in [0.2, 0.25) is 36.3 Å². The molecule has 3 aromatic carbocycles. The lowest BCUT2D eigenvalue weighted by atomic mass is 10.0. The van der Waals surface area contributed by atoms with E-state index in [9.17, 15) is 0 Å². The maximum absolute atomic E-state index is 15.0. The van der Waals surface area contributed by atoms with Crippen LogP contribution < -0.4 is 13.6 Å². The SMILES string of the molecule is CCCCCC[Si](CCCCCC)(CCCCCC)Oc1c(C(=O)Oc2ccccc2C)cc(O[Si](CCCCCC)(CCCCCC)CCCCCC)c2c(C)cccc12. The Labute approximate surface area is 378 Å². The number of fused-ring (bicyclic) bond motifs is 1. The number of aryl methyl sites for hydroxylation is 2. The van der Waals surface area contributed by atoms with E-state index in [0.717, 1.165) is 46.0 Å². The predicted octanol–water partition coefficient (Wildman–Crippen LogP) is 18.8. The first kappa shape index (κ1) is 52.8. The Morgan fingerprint density at radius 1 is 0.443 bits per heavy atom. The number of unbranched alkanes of at least 4 members (excludes halogenated alkanes) is 18. The first-order chi connectivity index (χ1) is 29.7. The quantitative estimate of drug-likeness (QED) is 0.0253. The van der Waals surface area contributed by atoms with Crippen molar-refractivity contribution in [2.45, 2.75) is 246 Å². The molecular formula is C55H92O4Si2. The summed E-state index contributed by atoms with van der Waals surface area (Å²) in [7, 11) is -4.67. The number of carbonyl (C=O) groups is 1.